The van der Waals surface area contributed by atoms with Crippen molar-refractivity contribution in [3.63, 3.8) is 0 Å². The van der Waals surface area contributed by atoms with Crippen LogP contribution in [-0.4, -0.2) is 25.3 Å². The predicted octanol–water partition coefficient (Wildman–Crippen LogP) is 2.55. The first-order chi connectivity index (χ1) is 8.25. The summed E-state index contributed by atoms with van der Waals surface area (Å²) < 4.78 is 5.15. The van der Waals surface area contributed by atoms with Crippen molar-refractivity contribution in [2.24, 2.45) is 0 Å². The minimum Gasteiger partial charge on any atom is -0.333 e. The zero-order valence-corrected chi connectivity index (χ0v) is 10.2. The zero-order valence-electron chi connectivity index (χ0n) is 8.64. The van der Waals surface area contributed by atoms with Gasteiger partial charge in [0.25, 0.3) is 5.89 Å². The number of aromatic amines is 1. The molecular formula is C9H6ClN5OS. The van der Waals surface area contributed by atoms with Crippen molar-refractivity contribution in [3.8, 4) is 22.4 Å². The van der Waals surface area contributed by atoms with E-state index in [0.717, 1.165) is 10.4 Å². The number of nitrogens with zero attached hydrogens (tertiary/aromatic N) is 4. The second kappa shape index (κ2) is 3.94. The van der Waals surface area contributed by atoms with E-state index < -0.39 is 0 Å². The molecule has 0 saturated carbocycles. The summed E-state index contributed by atoms with van der Waals surface area (Å²) in [6, 6.07) is 0. The first kappa shape index (κ1) is 10.4. The van der Waals surface area contributed by atoms with Crippen molar-refractivity contribution in [3.05, 3.63) is 22.3 Å². The van der Waals surface area contributed by atoms with Crippen LogP contribution in [0.15, 0.2) is 16.2 Å². The minimum atomic E-state index is 0.361. The third kappa shape index (κ3) is 1.73. The minimum absolute atomic E-state index is 0.361. The van der Waals surface area contributed by atoms with Gasteiger partial charge in [-0.2, -0.15) is 10.1 Å². The molecule has 0 aliphatic rings. The number of aromatic nitrogens is 5. The maximum atomic E-state index is 6.12. The molecule has 8 heteroatoms. The van der Waals surface area contributed by atoms with Gasteiger partial charge in [-0.05, 0) is 17.9 Å². The van der Waals surface area contributed by atoms with Crippen LogP contribution in [0.5, 0.6) is 0 Å². The van der Waals surface area contributed by atoms with E-state index in [-0.39, 0.29) is 0 Å². The van der Waals surface area contributed by atoms with Crippen LogP contribution >= 0.6 is 22.9 Å². The molecule has 0 fully saturated rings. The van der Waals surface area contributed by atoms with Crippen LogP contribution in [0.25, 0.3) is 22.4 Å². The van der Waals surface area contributed by atoms with E-state index in [9.17, 15) is 0 Å². The topological polar surface area (TPSA) is 80.5 Å². The normalized spacial score (nSPS) is 10.9. The Balaban J connectivity index is 2.04. The molecule has 17 heavy (non-hydrogen) atoms. The smallest absolute Gasteiger partial charge is 0.269 e. The summed E-state index contributed by atoms with van der Waals surface area (Å²) in [6.07, 6.45) is 1.38. The third-order valence-electron chi connectivity index (χ3n) is 2.15. The van der Waals surface area contributed by atoms with Gasteiger partial charge in [-0.3, -0.25) is 5.10 Å². The Bertz CT molecular complexity index is 644. The van der Waals surface area contributed by atoms with Gasteiger partial charge in [-0.25, -0.2) is 4.98 Å². The molecule has 3 aromatic heterocycles. The Hall–Kier alpha value is -1.73. The summed E-state index contributed by atoms with van der Waals surface area (Å²) in [5, 5.41) is 12.8. The summed E-state index contributed by atoms with van der Waals surface area (Å²) in [7, 11) is 0. The van der Waals surface area contributed by atoms with E-state index in [4.69, 9.17) is 16.1 Å². The molecule has 86 valence electrons. The van der Waals surface area contributed by atoms with Crippen molar-refractivity contribution in [2.45, 2.75) is 6.92 Å². The van der Waals surface area contributed by atoms with Crippen LogP contribution in [0.4, 0.5) is 0 Å². The molecule has 0 bridgehead atoms. The van der Waals surface area contributed by atoms with E-state index >= 15 is 0 Å². The lowest BCUT2D eigenvalue weighted by molar-refractivity contribution is 0.433. The number of rotatable bonds is 2. The lowest BCUT2D eigenvalue weighted by Gasteiger charge is -1.89. The van der Waals surface area contributed by atoms with E-state index in [1.165, 1.54) is 17.7 Å². The predicted molar refractivity (Wildman–Crippen MR) is 62.7 cm³/mol. The molecule has 0 spiro atoms. The fourth-order valence-electron chi connectivity index (χ4n) is 1.30. The fourth-order valence-corrected chi connectivity index (χ4v) is 2.49. The Morgan fingerprint density at radius 1 is 1.47 bits per heavy atom. The summed E-state index contributed by atoms with van der Waals surface area (Å²) in [5.74, 6) is 1.21. The molecule has 3 rings (SSSR count). The van der Waals surface area contributed by atoms with Crippen LogP contribution in [0, 0.1) is 6.92 Å². The molecule has 3 heterocycles. The van der Waals surface area contributed by atoms with Crippen molar-refractivity contribution in [1.29, 1.82) is 0 Å². The molecule has 0 unspecified atom stereocenters. The average molecular weight is 268 g/mol. The van der Waals surface area contributed by atoms with Crippen LogP contribution in [0.2, 0.25) is 5.02 Å². The number of thiophene rings is 1. The van der Waals surface area contributed by atoms with Crippen LogP contribution in [0.1, 0.15) is 5.56 Å². The molecular weight excluding hydrogens is 262 g/mol. The van der Waals surface area contributed by atoms with Gasteiger partial charge in [0.1, 0.15) is 11.2 Å². The number of hydrogen-bond acceptors (Lipinski definition) is 6. The Morgan fingerprint density at radius 3 is 3.00 bits per heavy atom. The van der Waals surface area contributed by atoms with Crippen molar-refractivity contribution < 1.29 is 4.52 Å². The maximum absolute atomic E-state index is 6.12. The summed E-state index contributed by atoms with van der Waals surface area (Å²) in [5.41, 5.74) is 0.992. The number of nitrogens with one attached hydrogen (secondary N) is 1. The van der Waals surface area contributed by atoms with Crippen LogP contribution in [-0.2, 0) is 0 Å². The Morgan fingerprint density at radius 2 is 2.35 bits per heavy atom. The second-order valence-electron chi connectivity index (χ2n) is 3.32. The lowest BCUT2D eigenvalue weighted by Crippen LogP contribution is -1.83. The van der Waals surface area contributed by atoms with E-state index in [1.807, 2.05) is 12.3 Å². The number of H-pyrrole nitrogens is 1. The van der Waals surface area contributed by atoms with Gasteiger partial charge < -0.3 is 4.52 Å². The Kier molecular flexibility index (Phi) is 2.41. The van der Waals surface area contributed by atoms with Crippen LogP contribution in [0.3, 0.4) is 0 Å². The largest absolute Gasteiger partial charge is 0.333 e. The SMILES string of the molecule is Cc1csc(-c2nc(-c3ncn[nH]3)no2)c1Cl. The van der Waals surface area contributed by atoms with Gasteiger partial charge in [-0.1, -0.05) is 16.8 Å². The maximum Gasteiger partial charge on any atom is 0.269 e. The van der Waals surface area contributed by atoms with E-state index in [2.05, 4.69) is 25.3 Å². The molecule has 0 aliphatic heterocycles. The lowest BCUT2D eigenvalue weighted by atomic mass is 10.3. The highest BCUT2D eigenvalue weighted by Gasteiger charge is 2.17. The highest BCUT2D eigenvalue weighted by Crippen LogP contribution is 2.35. The van der Waals surface area contributed by atoms with E-state index in [0.29, 0.717) is 22.6 Å². The molecule has 0 saturated heterocycles. The average Bonchev–Trinajstić information content (AvgIpc) is 3.01. The number of hydrogen-bond donors (Lipinski definition) is 1. The van der Waals surface area contributed by atoms with Gasteiger partial charge in [0.2, 0.25) is 5.82 Å². The van der Waals surface area contributed by atoms with Crippen molar-refractivity contribution >= 4 is 22.9 Å². The summed E-state index contributed by atoms with van der Waals surface area (Å²) in [4.78, 5) is 8.92. The molecule has 0 radical (unpaired) electrons. The molecule has 0 aliphatic carbocycles. The third-order valence-corrected chi connectivity index (χ3v) is 3.83. The molecule has 0 amide bonds. The van der Waals surface area contributed by atoms with Gasteiger partial charge in [0.15, 0.2) is 5.82 Å². The first-order valence-electron chi connectivity index (χ1n) is 4.69. The molecule has 6 nitrogen and oxygen atoms in total. The highest BCUT2D eigenvalue weighted by molar-refractivity contribution is 7.14. The van der Waals surface area contributed by atoms with Crippen molar-refractivity contribution in [2.75, 3.05) is 0 Å². The monoisotopic (exact) mass is 267 g/mol. The molecule has 0 aromatic carbocycles. The second-order valence-corrected chi connectivity index (χ2v) is 4.58. The number of aryl methyl sites for hydroxylation is 1. The highest BCUT2D eigenvalue weighted by atomic mass is 35.5. The molecule has 3 aromatic rings. The van der Waals surface area contributed by atoms with Gasteiger partial charge >= 0.3 is 0 Å². The van der Waals surface area contributed by atoms with Gasteiger partial charge in [0.05, 0.1) is 5.02 Å². The van der Waals surface area contributed by atoms with Gasteiger partial charge in [-0.15, -0.1) is 11.3 Å². The zero-order chi connectivity index (χ0) is 11.8. The van der Waals surface area contributed by atoms with Crippen LogP contribution < -0.4 is 0 Å². The first-order valence-corrected chi connectivity index (χ1v) is 5.95. The summed E-state index contributed by atoms with van der Waals surface area (Å²) in [6.45, 7) is 1.93. The fraction of sp³-hybridized carbons (Fsp3) is 0.111. The molecule has 1 N–H and O–H groups in total. The van der Waals surface area contributed by atoms with Crippen molar-refractivity contribution in [1.82, 2.24) is 25.3 Å². The van der Waals surface area contributed by atoms with Gasteiger partial charge in [0, 0.05) is 0 Å². The quantitative estimate of drug-likeness (QED) is 0.772. The Labute approximate surface area is 105 Å². The standard InChI is InChI=1S/C9H6ClN5OS/c1-4-2-17-6(5(4)10)9-13-8(15-16-9)7-11-3-12-14-7/h2-3H,1H3,(H,11,12,14). The number of halogens is 1. The van der Waals surface area contributed by atoms with E-state index in [1.54, 1.807) is 0 Å². The summed E-state index contributed by atoms with van der Waals surface area (Å²) >= 11 is 7.59. The molecule has 0 atom stereocenters.